The van der Waals surface area contributed by atoms with E-state index in [-0.39, 0.29) is 12.0 Å². The minimum Gasteiger partial charge on any atom is -0.400 e. The summed E-state index contributed by atoms with van der Waals surface area (Å²) in [5, 5.41) is 29.8. The van der Waals surface area contributed by atoms with E-state index in [1.807, 2.05) is 37.0 Å². The lowest BCUT2D eigenvalue weighted by atomic mass is 10.0. The largest absolute Gasteiger partial charge is 0.405 e. The number of aromatic nitrogens is 5. The number of aryl methyl sites for hydroxylation is 3. The second-order valence-corrected chi connectivity index (χ2v) is 12.0. The number of thiazole rings is 1. The molecule has 45 heavy (non-hydrogen) atoms. The number of halogens is 3. The third-order valence-electron chi connectivity index (χ3n) is 6.37. The monoisotopic (exact) mass is 655 g/mol. The van der Waals surface area contributed by atoms with Gasteiger partial charge in [-0.3, -0.25) is 0 Å². The number of aliphatic hydroxyl groups is 3. The van der Waals surface area contributed by atoms with Gasteiger partial charge in [0.05, 0.1) is 17.0 Å². The molecule has 0 bridgehead atoms. The van der Waals surface area contributed by atoms with Crippen LogP contribution in [0.1, 0.15) is 68.5 Å². The van der Waals surface area contributed by atoms with E-state index in [1.54, 1.807) is 6.92 Å². The smallest absolute Gasteiger partial charge is 0.400 e. The molecule has 0 aliphatic heterocycles. The van der Waals surface area contributed by atoms with Gasteiger partial charge in [0.25, 0.3) is 0 Å². The molecule has 0 amide bonds. The zero-order valence-electron chi connectivity index (χ0n) is 27.2. The van der Waals surface area contributed by atoms with Crippen molar-refractivity contribution in [3.63, 3.8) is 0 Å². The second kappa shape index (κ2) is 18.6. The lowest BCUT2D eigenvalue weighted by molar-refractivity contribution is -0.127. The fourth-order valence-corrected chi connectivity index (χ4v) is 5.53. The van der Waals surface area contributed by atoms with Gasteiger partial charge in [0.1, 0.15) is 23.2 Å². The average molecular weight is 656 g/mol. The Morgan fingerprint density at radius 3 is 2.31 bits per heavy atom. The molecule has 0 radical (unpaired) electrons. The van der Waals surface area contributed by atoms with Crippen LogP contribution in [0.2, 0.25) is 0 Å². The quantitative estimate of drug-likeness (QED) is 0.133. The first kappa shape index (κ1) is 39.7. The number of aliphatic hydroxyl groups excluding tert-OH is 1. The molecule has 1 saturated carbocycles. The van der Waals surface area contributed by atoms with Crippen LogP contribution in [0.4, 0.5) is 24.9 Å². The van der Waals surface area contributed by atoms with E-state index in [0.29, 0.717) is 17.4 Å². The average Bonchev–Trinajstić information content (AvgIpc) is 3.67. The lowest BCUT2D eigenvalue weighted by Crippen LogP contribution is -2.24. The van der Waals surface area contributed by atoms with E-state index in [4.69, 9.17) is 20.3 Å². The van der Waals surface area contributed by atoms with Crippen LogP contribution in [-0.2, 0) is 13.5 Å². The highest BCUT2D eigenvalue weighted by Crippen LogP contribution is 2.38. The summed E-state index contributed by atoms with van der Waals surface area (Å²) in [5.74, 6) is 0.516. The molecule has 4 rings (SSSR count). The van der Waals surface area contributed by atoms with Crippen LogP contribution >= 0.6 is 11.3 Å². The van der Waals surface area contributed by atoms with Crippen molar-refractivity contribution in [1.29, 1.82) is 0 Å². The number of nitrogens with one attached hydrogen (secondary N) is 2. The van der Waals surface area contributed by atoms with Crippen LogP contribution in [0, 0.1) is 19.8 Å². The Hall–Kier alpha value is -3.33. The molecule has 5 N–H and O–H groups in total. The van der Waals surface area contributed by atoms with Crippen molar-refractivity contribution < 1.29 is 28.5 Å². The Bertz CT molecular complexity index is 1330. The lowest BCUT2D eigenvalue weighted by Gasteiger charge is -2.19. The van der Waals surface area contributed by atoms with Gasteiger partial charge in [-0.2, -0.15) is 18.2 Å². The highest BCUT2D eigenvalue weighted by atomic mass is 32.1. The molecule has 10 nitrogen and oxygen atoms in total. The Kier molecular flexibility index (Phi) is 16.4. The van der Waals surface area contributed by atoms with Gasteiger partial charge in [0, 0.05) is 43.9 Å². The van der Waals surface area contributed by atoms with Crippen molar-refractivity contribution in [2.24, 2.45) is 13.0 Å². The van der Waals surface area contributed by atoms with Crippen molar-refractivity contribution in [3.8, 4) is 10.6 Å². The molecule has 1 unspecified atom stereocenters. The number of hydrogen-bond acceptors (Lipinski definition) is 10. The minimum absolute atomic E-state index is 0.0435. The minimum atomic E-state index is -4.36. The molecular weight excluding hydrogens is 607 g/mol. The topological polar surface area (TPSA) is 141 Å². The number of allylic oxidation sites excluding steroid dienone is 1. The summed E-state index contributed by atoms with van der Waals surface area (Å²) in [7, 11) is 3.00. The van der Waals surface area contributed by atoms with E-state index in [2.05, 4.69) is 51.7 Å². The summed E-state index contributed by atoms with van der Waals surface area (Å²) in [6.45, 7) is 13.3. The number of hydrogen-bond donors (Lipinski definition) is 5. The Morgan fingerprint density at radius 2 is 1.76 bits per heavy atom. The zero-order chi connectivity index (χ0) is 34.4. The van der Waals surface area contributed by atoms with Gasteiger partial charge >= 0.3 is 6.18 Å². The first-order valence-corrected chi connectivity index (χ1v) is 15.4. The number of alkyl halides is 3. The van der Waals surface area contributed by atoms with E-state index in [1.165, 1.54) is 25.2 Å². The number of rotatable bonds is 9. The SMILES string of the molecule is C=C.CC(C)(O)O.CC/C=C\c1nc(-c2c(C)nc(NCC(F)(F)F)nc2N[C@H]2CCC(Cc3nccn3C)C2)sc1C.CO. The van der Waals surface area contributed by atoms with Crippen molar-refractivity contribution in [2.75, 3.05) is 24.3 Å². The highest BCUT2D eigenvalue weighted by Gasteiger charge is 2.30. The predicted octanol–water partition coefficient (Wildman–Crippen LogP) is 6.29. The molecule has 3 heterocycles. The predicted molar refractivity (Wildman–Crippen MR) is 176 cm³/mol. The summed E-state index contributed by atoms with van der Waals surface area (Å²) < 4.78 is 40.5. The molecule has 1 fully saturated rings. The first-order valence-electron chi connectivity index (χ1n) is 14.6. The zero-order valence-corrected chi connectivity index (χ0v) is 28.1. The molecule has 14 heteroatoms. The summed E-state index contributed by atoms with van der Waals surface area (Å²) in [5.41, 5.74) is 2.21. The van der Waals surface area contributed by atoms with Crippen molar-refractivity contribution in [1.82, 2.24) is 24.5 Å². The molecular formula is C31H48F3N7O3S. The third-order valence-corrected chi connectivity index (χ3v) is 7.37. The van der Waals surface area contributed by atoms with Crippen molar-refractivity contribution in [3.05, 3.63) is 53.7 Å². The van der Waals surface area contributed by atoms with Crippen LogP contribution in [-0.4, -0.2) is 71.5 Å². The summed E-state index contributed by atoms with van der Waals surface area (Å²) in [6, 6.07) is 0.152. The molecule has 0 spiro atoms. The fourth-order valence-electron chi connectivity index (χ4n) is 4.53. The number of anilines is 2. The van der Waals surface area contributed by atoms with Gasteiger partial charge in [-0.25, -0.2) is 15.0 Å². The van der Waals surface area contributed by atoms with Gasteiger partial charge in [0.2, 0.25) is 5.95 Å². The molecule has 3 aromatic heterocycles. The normalized spacial score (nSPS) is 16.2. The summed E-state index contributed by atoms with van der Waals surface area (Å²) >= 11 is 1.54. The third kappa shape index (κ3) is 14.1. The maximum absolute atomic E-state index is 12.8. The Labute approximate surface area is 268 Å². The molecule has 1 aliphatic carbocycles. The molecule has 1 aliphatic rings. The van der Waals surface area contributed by atoms with Gasteiger partial charge in [-0.1, -0.05) is 13.0 Å². The molecule has 0 aromatic carbocycles. The van der Waals surface area contributed by atoms with Crippen LogP contribution in [0.25, 0.3) is 16.6 Å². The first-order chi connectivity index (χ1) is 21.1. The van der Waals surface area contributed by atoms with E-state index < -0.39 is 18.5 Å². The standard InChI is InChI=1S/C25H32F3N7S.C3H8O2.C2H4.CH4O/c1-5-6-7-19-16(3)36-23(33-19)21-15(2)31-24(30-14-25(26,27)28)34-22(21)32-18-9-8-17(12-18)13-20-29-10-11-35(20)4;1-3(2,4)5;2*1-2/h6-7,10-11,17-18H,5,8-9,12-14H2,1-4H3,(H2,30,31,32,34);4-5H,1-2H3;1-2H2;2H,1H3/b7-6-;;;/t17?,18-;;;/m0.../s1. The van der Waals surface area contributed by atoms with Crippen LogP contribution in [0.15, 0.2) is 31.6 Å². The van der Waals surface area contributed by atoms with Crippen LogP contribution in [0.3, 0.4) is 0 Å². The highest BCUT2D eigenvalue weighted by molar-refractivity contribution is 7.15. The molecule has 3 aromatic rings. The number of imidazole rings is 1. The second-order valence-electron chi connectivity index (χ2n) is 10.8. The van der Waals surface area contributed by atoms with Gasteiger partial charge in [-0.15, -0.1) is 24.5 Å². The van der Waals surface area contributed by atoms with Gasteiger partial charge in [-0.05, 0) is 65.4 Å². The van der Waals surface area contributed by atoms with Crippen molar-refractivity contribution in [2.45, 2.75) is 84.7 Å². The number of nitrogens with zero attached hydrogens (tertiary/aromatic N) is 5. The maximum Gasteiger partial charge on any atom is 0.405 e. The van der Waals surface area contributed by atoms with E-state index >= 15 is 0 Å². The van der Waals surface area contributed by atoms with Gasteiger partial charge < -0.3 is 30.5 Å². The molecule has 252 valence electrons. The fraction of sp³-hybridized carbons (Fsp3) is 0.548. The summed E-state index contributed by atoms with van der Waals surface area (Å²) in [4.78, 5) is 19.1. The van der Waals surface area contributed by atoms with Crippen LogP contribution < -0.4 is 10.6 Å². The van der Waals surface area contributed by atoms with E-state index in [9.17, 15) is 13.2 Å². The van der Waals surface area contributed by atoms with Crippen molar-refractivity contribution >= 4 is 29.2 Å². The van der Waals surface area contributed by atoms with Gasteiger partial charge in [0.15, 0.2) is 5.79 Å². The Morgan fingerprint density at radius 1 is 1.11 bits per heavy atom. The van der Waals surface area contributed by atoms with Crippen LogP contribution in [0.5, 0.6) is 0 Å². The van der Waals surface area contributed by atoms with E-state index in [0.717, 1.165) is 66.2 Å². The Balaban J connectivity index is 0.00000101. The maximum atomic E-state index is 12.8. The summed E-state index contributed by atoms with van der Waals surface area (Å²) in [6.07, 6.45) is 8.18. The molecule has 0 saturated heterocycles. The molecule has 2 atom stereocenters.